The zero-order chi connectivity index (χ0) is 18.1. The minimum atomic E-state index is -0.0374. The molecule has 0 aliphatic rings. The van der Waals surface area contributed by atoms with Crippen molar-refractivity contribution < 1.29 is 14.3 Å². The fraction of sp³-hybridized carbons (Fsp3) is 0.350. The molecule has 1 amide bonds. The van der Waals surface area contributed by atoms with E-state index < -0.39 is 0 Å². The van der Waals surface area contributed by atoms with Gasteiger partial charge in [0.15, 0.2) is 11.5 Å². The third-order valence-electron chi connectivity index (χ3n) is 3.90. The topological polar surface area (TPSA) is 47.6 Å². The monoisotopic (exact) mass is 359 g/mol. The summed E-state index contributed by atoms with van der Waals surface area (Å²) in [7, 11) is 3.22. The van der Waals surface area contributed by atoms with Crippen molar-refractivity contribution in [3.05, 3.63) is 59.7 Å². The summed E-state index contributed by atoms with van der Waals surface area (Å²) in [5.74, 6) is 2.68. The molecule has 4 nitrogen and oxygen atoms in total. The first kappa shape index (κ1) is 19.2. The molecule has 0 saturated heterocycles. The fourth-order valence-corrected chi connectivity index (χ4v) is 3.36. The van der Waals surface area contributed by atoms with Crippen molar-refractivity contribution in [2.24, 2.45) is 0 Å². The quantitative estimate of drug-likeness (QED) is 0.729. The highest BCUT2D eigenvalue weighted by molar-refractivity contribution is 7.99. The molecule has 134 valence electrons. The highest BCUT2D eigenvalue weighted by Gasteiger charge is 2.15. The van der Waals surface area contributed by atoms with Gasteiger partial charge < -0.3 is 14.8 Å². The van der Waals surface area contributed by atoms with Crippen molar-refractivity contribution in [1.29, 1.82) is 0 Å². The lowest BCUT2D eigenvalue weighted by molar-refractivity contribution is -0.119. The number of ether oxygens (including phenoxy) is 2. The van der Waals surface area contributed by atoms with Gasteiger partial charge in [-0.05, 0) is 29.7 Å². The van der Waals surface area contributed by atoms with E-state index >= 15 is 0 Å². The molecule has 0 bridgehead atoms. The van der Waals surface area contributed by atoms with Crippen molar-refractivity contribution in [3.63, 3.8) is 0 Å². The van der Waals surface area contributed by atoms with Crippen LogP contribution < -0.4 is 14.8 Å². The van der Waals surface area contributed by atoms with Gasteiger partial charge in [0, 0.05) is 5.75 Å². The first-order valence-corrected chi connectivity index (χ1v) is 9.46. The highest BCUT2D eigenvalue weighted by atomic mass is 32.2. The molecular weight excluding hydrogens is 334 g/mol. The van der Waals surface area contributed by atoms with Crippen LogP contribution in [0.1, 0.15) is 30.5 Å². The molecule has 0 heterocycles. The van der Waals surface area contributed by atoms with Gasteiger partial charge in [-0.25, -0.2) is 0 Å². The number of amides is 1. The summed E-state index contributed by atoms with van der Waals surface area (Å²) in [4.78, 5) is 12.3. The largest absolute Gasteiger partial charge is 0.493 e. The first-order valence-electron chi connectivity index (χ1n) is 8.30. The number of benzene rings is 2. The maximum atomic E-state index is 12.3. The molecule has 0 aliphatic carbocycles. The van der Waals surface area contributed by atoms with E-state index in [0.717, 1.165) is 17.7 Å². The molecule has 0 radical (unpaired) electrons. The van der Waals surface area contributed by atoms with Crippen molar-refractivity contribution in [3.8, 4) is 11.5 Å². The van der Waals surface area contributed by atoms with Gasteiger partial charge in [0.1, 0.15) is 0 Å². The Balaban J connectivity index is 1.91. The Bertz CT molecular complexity index is 676. The summed E-state index contributed by atoms with van der Waals surface area (Å²) in [5, 5.41) is 3.10. The molecule has 0 saturated carbocycles. The van der Waals surface area contributed by atoms with Crippen LogP contribution in [0, 0.1) is 0 Å². The summed E-state index contributed by atoms with van der Waals surface area (Å²) < 4.78 is 10.6. The number of methoxy groups -OCH3 is 2. The van der Waals surface area contributed by atoms with E-state index in [1.54, 1.807) is 26.0 Å². The zero-order valence-corrected chi connectivity index (χ0v) is 15.8. The van der Waals surface area contributed by atoms with Gasteiger partial charge >= 0.3 is 0 Å². The first-order chi connectivity index (χ1) is 12.2. The van der Waals surface area contributed by atoms with Crippen molar-refractivity contribution in [2.75, 3.05) is 20.0 Å². The Hall–Kier alpha value is -2.14. The molecule has 0 aliphatic heterocycles. The van der Waals surface area contributed by atoms with Gasteiger partial charge in [-0.15, -0.1) is 11.8 Å². The van der Waals surface area contributed by atoms with Gasteiger partial charge in [0.2, 0.25) is 5.91 Å². The SMILES string of the molecule is CC[C@H](NC(=O)CSCc1ccccc1)c1ccc(OC)c(OC)c1. The van der Waals surface area contributed by atoms with Gasteiger partial charge in [-0.1, -0.05) is 43.3 Å². The second-order valence-corrected chi connectivity index (χ2v) is 6.61. The van der Waals surface area contributed by atoms with Crippen LogP contribution in [0.15, 0.2) is 48.5 Å². The summed E-state index contributed by atoms with van der Waals surface area (Å²) in [6, 6.07) is 15.9. The van der Waals surface area contributed by atoms with Crippen LogP contribution in [0.5, 0.6) is 11.5 Å². The average Bonchev–Trinajstić information content (AvgIpc) is 2.66. The summed E-state index contributed by atoms with van der Waals surface area (Å²) in [6.45, 7) is 2.05. The van der Waals surface area contributed by atoms with Gasteiger partial charge in [0.05, 0.1) is 26.0 Å². The predicted octanol–water partition coefficient (Wildman–Crippen LogP) is 4.20. The molecule has 25 heavy (non-hydrogen) atoms. The molecule has 5 heteroatoms. The number of thioether (sulfide) groups is 1. The zero-order valence-electron chi connectivity index (χ0n) is 15.0. The van der Waals surface area contributed by atoms with Crippen molar-refractivity contribution >= 4 is 17.7 Å². The number of rotatable bonds is 9. The lowest BCUT2D eigenvalue weighted by atomic mass is 10.0. The number of hydrogen-bond donors (Lipinski definition) is 1. The standard InChI is InChI=1S/C20H25NO3S/c1-4-17(16-10-11-18(23-2)19(12-16)24-3)21-20(22)14-25-13-15-8-6-5-7-9-15/h5-12,17H,4,13-14H2,1-3H3,(H,21,22)/t17-/m0/s1. The summed E-state index contributed by atoms with van der Waals surface area (Å²) in [6.07, 6.45) is 0.810. The van der Waals surface area contributed by atoms with Gasteiger partial charge in [-0.3, -0.25) is 4.79 Å². The van der Waals surface area contributed by atoms with Crippen molar-refractivity contribution in [2.45, 2.75) is 25.1 Å². The number of nitrogens with one attached hydrogen (secondary N) is 1. The summed E-state index contributed by atoms with van der Waals surface area (Å²) in [5.41, 5.74) is 2.24. The van der Waals surface area contributed by atoms with Crippen LogP contribution in [-0.2, 0) is 10.5 Å². The molecule has 2 rings (SSSR count). The van der Waals surface area contributed by atoms with Crippen LogP contribution >= 0.6 is 11.8 Å². The van der Waals surface area contributed by atoms with Crippen molar-refractivity contribution in [1.82, 2.24) is 5.32 Å². The van der Waals surface area contributed by atoms with Crippen LogP contribution in [0.25, 0.3) is 0 Å². The normalized spacial score (nSPS) is 11.6. The van der Waals surface area contributed by atoms with E-state index in [4.69, 9.17) is 9.47 Å². The number of carbonyl (C=O) groups excluding carboxylic acids is 1. The maximum Gasteiger partial charge on any atom is 0.230 e. The third kappa shape index (κ3) is 5.71. The third-order valence-corrected chi connectivity index (χ3v) is 4.90. The van der Waals surface area contributed by atoms with E-state index in [1.807, 2.05) is 36.4 Å². The molecule has 0 spiro atoms. The van der Waals surface area contributed by atoms with Crippen LogP contribution in [0.3, 0.4) is 0 Å². The van der Waals surface area contributed by atoms with E-state index in [2.05, 4.69) is 24.4 Å². The maximum absolute atomic E-state index is 12.3. The predicted molar refractivity (Wildman–Crippen MR) is 103 cm³/mol. The van der Waals surface area contributed by atoms with E-state index in [1.165, 1.54) is 5.56 Å². The molecule has 0 fully saturated rings. The van der Waals surface area contributed by atoms with Gasteiger partial charge in [0.25, 0.3) is 0 Å². The molecule has 0 aromatic heterocycles. The Kier molecular flexibility index (Phi) is 7.67. The fourth-order valence-electron chi connectivity index (χ4n) is 2.56. The minimum Gasteiger partial charge on any atom is -0.493 e. The van der Waals surface area contributed by atoms with E-state index in [0.29, 0.717) is 17.3 Å². The molecule has 1 N–H and O–H groups in total. The molecule has 2 aromatic rings. The Labute approximate surface area is 153 Å². The van der Waals surface area contributed by atoms with E-state index in [-0.39, 0.29) is 11.9 Å². The second kappa shape index (κ2) is 9.99. The minimum absolute atomic E-state index is 0.0374. The van der Waals surface area contributed by atoms with Crippen LogP contribution in [0.2, 0.25) is 0 Å². The molecular formula is C20H25NO3S. The van der Waals surface area contributed by atoms with Crippen LogP contribution in [-0.4, -0.2) is 25.9 Å². The highest BCUT2D eigenvalue weighted by Crippen LogP contribution is 2.30. The number of hydrogen-bond acceptors (Lipinski definition) is 4. The number of carbonyl (C=O) groups is 1. The Morgan fingerprint density at radius 2 is 1.80 bits per heavy atom. The molecule has 1 atom stereocenters. The Morgan fingerprint density at radius 1 is 1.08 bits per heavy atom. The summed E-state index contributed by atoms with van der Waals surface area (Å²) >= 11 is 1.62. The Morgan fingerprint density at radius 3 is 2.44 bits per heavy atom. The van der Waals surface area contributed by atoms with E-state index in [9.17, 15) is 4.79 Å². The van der Waals surface area contributed by atoms with Gasteiger partial charge in [-0.2, -0.15) is 0 Å². The second-order valence-electron chi connectivity index (χ2n) is 5.62. The average molecular weight is 359 g/mol. The molecule has 0 unspecified atom stereocenters. The smallest absolute Gasteiger partial charge is 0.230 e. The van der Waals surface area contributed by atoms with Crippen LogP contribution in [0.4, 0.5) is 0 Å². The lowest BCUT2D eigenvalue weighted by Gasteiger charge is -2.19. The lowest BCUT2D eigenvalue weighted by Crippen LogP contribution is -2.29. The molecule has 2 aromatic carbocycles.